The molecule has 8 nitrogen and oxygen atoms in total. The Bertz CT molecular complexity index is 1650. The molecule has 5 aromatic rings. The molecule has 1 atom stereocenters. The molecule has 0 aliphatic heterocycles. The maximum absolute atomic E-state index is 13.7. The van der Waals surface area contributed by atoms with Crippen molar-refractivity contribution < 1.29 is 9.50 Å². The van der Waals surface area contributed by atoms with Gasteiger partial charge in [-0.1, -0.05) is 58.7 Å². The van der Waals surface area contributed by atoms with Crippen LogP contribution in [0, 0.1) is 17.1 Å². The summed E-state index contributed by atoms with van der Waals surface area (Å²) in [6, 6.07) is 19.2. The molecule has 190 valence electrons. The normalized spacial score (nSPS) is 11.8. The van der Waals surface area contributed by atoms with Crippen molar-refractivity contribution in [2.24, 2.45) is 0 Å². The standard InChI is InChI=1S/C27H20Cl2FN7O/c28-21-11-18(6-7-23(21)30)33-25-17(13-31)14-32-27-20(25)10-19(12-22(27)29)34-26(16-4-2-1-3-5-16)24-15-37(8-9-38)36-35-24/h1-7,10-12,14-15,26,34,38H,8-9H2,(H,32,33). The number of rotatable bonds is 8. The van der Waals surface area contributed by atoms with Crippen molar-refractivity contribution in [2.45, 2.75) is 12.6 Å². The van der Waals surface area contributed by atoms with Gasteiger partial charge in [-0.25, -0.2) is 9.07 Å². The predicted molar refractivity (Wildman–Crippen MR) is 145 cm³/mol. The number of nitriles is 1. The van der Waals surface area contributed by atoms with E-state index in [-0.39, 0.29) is 17.2 Å². The number of aliphatic hydroxyl groups is 1. The average Bonchev–Trinajstić information content (AvgIpc) is 3.38. The zero-order valence-corrected chi connectivity index (χ0v) is 21.2. The number of benzene rings is 3. The van der Waals surface area contributed by atoms with Gasteiger partial charge in [-0.15, -0.1) is 5.10 Å². The SMILES string of the molecule is N#Cc1cnc2c(Cl)cc(NC(c3ccccc3)c3cn(CCO)nn3)cc2c1Nc1ccc(F)c(Cl)c1. The number of aliphatic hydroxyl groups excluding tert-OH is 1. The van der Waals surface area contributed by atoms with E-state index in [0.717, 1.165) is 5.56 Å². The fraction of sp³-hybridized carbons (Fsp3) is 0.111. The summed E-state index contributed by atoms with van der Waals surface area (Å²) in [5, 5.41) is 35.0. The molecule has 0 radical (unpaired) electrons. The smallest absolute Gasteiger partial charge is 0.141 e. The fourth-order valence-electron chi connectivity index (χ4n) is 4.08. The van der Waals surface area contributed by atoms with Crippen LogP contribution in [0.2, 0.25) is 10.0 Å². The molecule has 0 saturated heterocycles. The molecule has 0 saturated carbocycles. The average molecular weight is 548 g/mol. The Labute approximate surface area is 227 Å². The van der Waals surface area contributed by atoms with Gasteiger partial charge in [-0.3, -0.25) is 4.98 Å². The number of nitrogens with one attached hydrogen (secondary N) is 2. The second-order valence-electron chi connectivity index (χ2n) is 8.38. The monoisotopic (exact) mass is 547 g/mol. The largest absolute Gasteiger partial charge is 0.394 e. The number of nitrogens with zero attached hydrogens (tertiary/aromatic N) is 5. The third-order valence-electron chi connectivity index (χ3n) is 5.86. The molecule has 0 spiro atoms. The summed E-state index contributed by atoms with van der Waals surface area (Å²) < 4.78 is 15.3. The molecular formula is C27H20Cl2FN7O. The molecular weight excluding hydrogens is 528 g/mol. The summed E-state index contributed by atoms with van der Waals surface area (Å²) in [6.07, 6.45) is 3.20. The summed E-state index contributed by atoms with van der Waals surface area (Å²) in [5.74, 6) is -0.547. The molecule has 3 N–H and O–H groups in total. The van der Waals surface area contributed by atoms with E-state index < -0.39 is 11.9 Å². The topological polar surface area (TPSA) is 112 Å². The third-order valence-corrected chi connectivity index (χ3v) is 6.44. The maximum atomic E-state index is 13.7. The summed E-state index contributed by atoms with van der Waals surface area (Å²) in [5.41, 5.74) is 3.93. The van der Waals surface area contributed by atoms with Gasteiger partial charge in [0.1, 0.15) is 17.6 Å². The van der Waals surface area contributed by atoms with Gasteiger partial charge in [0.05, 0.1) is 52.2 Å². The van der Waals surface area contributed by atoms with Crippen molar-refractivity contribution in [1.82, 2.24) is 20.0 Å². The Balaban J connectivity index is 1.60. The van der Waals surface area contributed by atoms with Gasteiger partial charge in [-0.2, -0.15) is 5.26 Å². The van der Waals surface area contributed by atoms with Gasteiger partial charge in [0.15, 0.2) is 0 Å². The molecule has 3 aromatic carbocycles. The first kappa shape index (κ1) is 25.4. The molecule has 0 bridgehead atoms. The Morgan fingerprint density at radius 2 is 1.84 bits per heavy atom. The van der Waals surface area contributed by atoms with Crippen molar-refractivity contribution >= 4 is 51.2 Å². The quantitative estimate of drug-likeness (QED) is 0.216. The lowest BCUT2D eigenvalue weighted by atomic mass is 10.0. The first-order chi connectivity index (χ1) is 18.5. The number of fused-ring (bicyclic) bond motifs is 1. The van der Waals surface area contributed by atoms with Gasteiger partial charge in [0, 0.05) is 23.0 Å². The van der Waals surface area contributed by atoms with Crippen molar-refractivity contribution in [3.8, 4) is 6.07 Å². The first-order valence-corrected chi connectivity index (χ1v) is 12.3. The van der Waals surface area contributed by atoms with Crippen molar-refractivity contribution in [3.05, 3.63) is 106 Å². The van der Waals surface area contributed by atoms with E-state index in [1.165, 1.54) is 24.4 Å². The van der Waals surface area contributed by atoms with E-state index >= 15 is 0 Å². The van der Waals surface area contributed by atoms with Crippen LogP contribution in [0.4, 0.5) is 21.5 Å². The van der Waals surface area contributed by atoms with Crippen LogP contribution in [-0.4, -0.2) is 31.7 Å². The molecule has 0 amide bonds. The minimum Gasteiger partial charge on any atom is -0.394 e. The predicted octanol–water partition coefficient (Wildman–Crippen LogP) is 6.08. The summed E-state index contributed by atoms with van der Waals surface area (Å²) in [6.45, 7) is 0.261. The van der Waals surface area contributed by atoms with Crippen LogP contribution in [-0.2, 0) is 6.54 Å². The second kappa shape index (κ2) is 11.0. The molecule has 2 heterocycles. The number of hydrogen-bond acceptors (Lipinski definition) is 7. The summed E-state index contributed by atoms with van der Waals surface area (Å²) in [4.78, 5) is 4.39. The lowest BCUT2D eigenvalue weighted by Crippen LogP contribution is -2.13. The van der Waals surface area contributed by atoms with E-state index in [2.05, 4.69) is 32.0 Å². The molecule has 11 heteroatoms. The summed E-state index contributed by atoms with van der Waals surface area (Å²) >= 11 is 12.6. The Morgan fingerprint density at radius 3 is 2.58 bits per heavy atom. The third kappa shape index (κ3) is 5.24. The van der Waals surface area contributed by atoms with E-state index in [9.17, 15) is 14.8 Å². The molecule has 0 aliphatic carbocycles. The van der Waals surface area contributed by atoms with Crippen LogP contribution in [0.5, 0.6) is 0 Å². The number of anilines is 3. The van der Waals surface area contributed by atoms with E-state index in [0.29, 0.717) is 45.2 Å². The van der Waals surface area contributed by atoms with E-state index in [1.54, 1.807) is 16.9 Å². The van der Waals surface area contributed by atoms with Crippen molar-refractivity contribution in [1.29, 1.82) is 5.26 Å². The molecule has 0 fully saturated rings. The Hall–Kier alpha value is -4.23. The minimum atomic E-state index is -0.547. The number of hydrogen-bond donors (Lipinski definition) is 3. The van der Waals surface area contributed by atoms with Crippen LogP contribution in [0.15, 0.2) is 73.1 Å². The van der Waals surface area contributed by atoms with Crippen molar-refractivity contribution in [3.63, 3.8) is 0 Å². The van der Waals surface area contributed by atoms with Crippen LogP contribution in [0.1, 0.15) is 22.9 Å². The van der Waals surface area contributed by atoms with Gasteiger partial charge < -0.3 is 15.7 Å². The first-order valence-electron chi connectivity index (χ1n) is 11.5. The number of pyridine rings is 1. The number of halogens is 3. The molecule has 38 heavy (non-hydrogen) atoms. The zero-order valence-electron chi connectivity index (χ0n) is 19.7. The van der Waals surface area contributed by atoms with Crippen molar-refractivity contribution in [2.75, 3.05) is 17.2 Å². The zero-order chi connectivity index (χ0) is 26.6. The Morgan fingerprint density at radius 1 is 1.05 bits per heavy atom. The Kier molecular flexibility index (Phi) is 7.38. The summed E-state index contributed by atoms with van der Waals surface area (Å²) in [7, 11) is 0. The highest BCUT2D eigenvalue weighted by Crippen LogP contribution is 2.37. The van der Waals surface area contributed by atoms with E-state index in [4.69, 9.17) is 23.2 Å². The van der Waals surface area contributed by atoms with Gasteiger partial charge in [0.25, 0.3) is 0 Å². The van der Waals surface area contributed by atoms with Gasteiger partial charge in [-0.05, 0) is 35.9 Å². The molecule has 1 unspecified atom stereocenters. The number of aromatic nitrogens is 4. The highest BCUT2D eigenvalue weighted by molar-refractivity contribution is 6.36. The molecule has 0 aliphatic rings. The minimum absolute atomic E-state index is 0.0489. The van der Waals surface area contributed by atoms with Gasteiger partial charge >= 0.3 is 0 Å². The van der Waals surface area contributed by atoms with Gasteiger partial charge in [0.2, 0.25) is 0 Å². The highest BCUT2D eigenvalue weighted by atomic mass is 35.5. The molecule has 5 rings (SSSR count). The second-order valence-corrected chi connectivity index (χ2v) is 9.20. The van der Waals surface area contributed by atoms with Crippen LogP contribution in [0.25, 0.3) is 10.9 Å². The lowest BCUT2D eigenvalue weighted by molar-refractivity contribution is 0.268. The maximum Gasteiger partial charge on any atom is 0.141 e. The fourth-order valence-corrected chi connectivity index (χ4v) is 4.53. The molecule has 2 aromatic heterocycles. The van der Waals surface area contributed by atoms with Crippen LogP contribution < -0.4 is 10.6 Å². The van der Waals surface area contributed by atoms with Crippen LogP contribution >= 0.6 is 23.2 Å². The lowest BCUT2D eigenvalue weighted by Gasteiger charge is -2.20. The highest BCUT2D eigenvalue weighted by Gasteiger charge is 2.20. The van der Waals surface area contributed by atoms with E-state index in [1.807, 2.05) is 36.4 Å². The van der Waals surface area contributed by atoms with Crippen LogP contribution in [0.3, 0.4) is 0 Å².